The fourth-order valence-corrected chi connectivity index (χ4v) is 1.06. The topological polar surface area (TPSA) is 43.6 Å². The highest BCUT2D eigenvalue weighted by Gasteiger charge is 2.21. The van der Waals surface area contributed by atoms with Crippen molar-refractivity contribution in [2.75, 3.05) is 0 Å². The molecule has 1 atom stereocenters. The maximum Gasteiger partial charge on any atom is 0.169 e. The summed E-state index contributed by atoms with van der Waals surface area (Å²) in [5.74, 6) is 0.712. The molecule has 68 valence electrons. The molecule has 0 amide bonds. The second kappa shape index (κ2) is 3.01. The van der Waals surface area contributed by atoms with Crippen molar-refractivity contribution in [3.8, 4) is 0 Å². The first-order valence-electron chi connectivity index (χ1n) is 3.86. The molecular formula is C7H13ClN4. The van der Waals surface area contributed by atoms with Gasteiger partial charge in [-0.2, -0.15) is 0 Å². The molecule has 1 aromatic heterocycles. The lowest BCUT2D eigenvalue weighted by atomic mass is 10.1. The van der Waals surface area contributed by atoms with E-state index in [2.05, 4.69) is 15.5 Å². The van der Waals surface area contributed by atoms with Crippen LogP contribution >= 0.6 is 11.6 Å². The molecule has 0 aliphatic carbocycles. The van der Waals surface area contributed by atoms with Crippen LogP contribution in [0.5, 0.6) is 0 Å². The molecule has 1 rings (SSSR count). The highest BCUT2D eigenvalue weighted by atomic mass is 35.5. The summed E-state index contributed by atoms with van der Waals surface area (Å²) >= 11 is 5.89. The van der Waals surface area contributed by atoms with E-state index in [0.29, 0.717) is 5.82 Å². The molecule has 1 unspecified atom stereocenters. The Morgan fingerprint density at radius 3 is 2.33 bits per heavy atom. The molecule has 4 nitrogen and oxygen atoms in total. The zero-order valence-corrected chi connectivity index (χ0v) is 8.50. The monoisotopic (exact) mass is 188 g/mol. The van der Waals surface area contributed by atoms with Crippen LogP contribution in [0.2, 0.25) is 0 Å². The molecular weight excluding hydrogens is 176 g/mol. The summed E-state index contributed by atoms with van der Waals surface area (Å²) in [6.45, 7) is 7.96. The van der Waals surface area contributed by atoms with Crippen molar-refractivity contribution in [3.63, 3.8) is 0 Å². The lowest BCUT2D eigenvalue weighted by molar-refractivity contribution is 0.335. The Bertz CT molecular complexity index is 261. The van der Waals surface area contributed by atoms with Crippen LogP contribution in [-0.2, 0) is 5.54 Å². The molecule has 0 radical (unpaired) electrons. The normalized spacial score (nSPS) is 14.8. The Labute approximate surface area is 76.9 Å². The van der Waals surface area contributed by atoms with Crippen molar-refractivity contribution in [2.45, 2.75) is 38.6 Å². The molecule has 0 bridgehead atoms. The first-order valence-corrected chi connectivity index (χ1v) is 4.29. The number of hydrogen-bond acceptors (Lipinski definition) is 3. The van der Waals surface area contributed by atoms with Gasteiger partial charge in [0.1, 0.15) is 0 Å². The number of halogens is 1. The molecule has 0 N–H and O–H groups in total. The molecule has 0 aromatic carbocycles. The van der Waals surface area contributed by atoms with Gasteiger partial charge in [0.15, 0.2) is 5.82 Å². The Morgan fingerprint density at radius 1 is 1.42 bits per heavy atom. The number of tetrazole rings is 1. The summed E-state index contributed by atoms with van der Waals surface area (Å²) in [6, 6.07) is 0. The van der Waals surface area contributed by atoms with Crippen LogP contribution in [0.3, 0.4) is 0 Å². The van der Waals surface area contributed by atoms with Crippen LogP contribution in [0.15, 0.2) is 0 Å². The first kappa shape index (κ1) is 9.45. The summed E-state index contributed by atoms with van der Waals surface area (Å²) in [6.07, 6.45) is 0. The van der Waals surface area contributed by atoms with Gasteiger partial charge in [-0.3, -0.25) is 0 Å². The first-order chi connectivity index (χ1) is 5.43. The molecule has 0 saturated carbocycles. The van der Waals surface area contributed by atoms with Gasteiger partial charge in [0.2, 0.25) is 0 Å². The third-order valence-electron chi connectivity index (χ3n) is 1.48. The van der Waals surface area contributed by atoms with E-state index < -0.39 is 0 Å². The van der Waals surface area contributed by atoms with Crippen LogP contribution in [0.1, 0.15) is 38.9 Å². The third-order valence-corrected chi connectivity index (χ3v) is 1.68. The zero-order chi connectivity index (χ0) is 9.35. The standard InChI is InChI=1S/C7H13ClN4/c1-5(8)6-9-10-11-12(6)7(2,3)4/h5H,1-4H3. The summed E-state index contributed by atoms with van der Waals surface area (Å²) in [5, 5.41) is 11.2. The van der Waals surface area contributed by atoms with E-state index in [1.54, 1.807) is 4.68 Å². The number of rotatable bonds is 1. The van der Waals surface area contributed by atoms with Crippen LogP contribution in [0.4, 0.5) is 0 Å². The van der Waals surface area contributed by atoms with Crippen molar-refractivity contribution >= 4 is 11.6 Å². The maximum atomic E-state index is 5.89. The van der Waals surface area contributed by atoms with E-state index >= 15 is 0 Å². The van der Waals surface area contributed by atoms with Gasteiger partial charge < -0.3 is 0 Å². The zero-order valence-electron chi connectivity index (χ0n) is 7.74. The van der Waals surface area contributed by atoms with Crippen LogP contribution in [0, 0.1) is 0 Å². The molecule has 0 saturated heterocycles. The molecule has 12 heavy (non-hydrogen) atoms. The quantitative estimate of drug-likeness (QED) is 0.631. The average molecular weight is 189 g/mol. The largest absolute Gasteiger partial charge is 0.223 e. The summed E-state index contributed by atoms with van der Waals surface area (Å²) < 4.78 is 1.74. The van der Waals surface area contributed by atoms with Gasteiger partial charge in [-0.1, -0.05) is 0 Å². The summed E-state index contributed by atoms with van der Waals surface area (Å²) in [7, 11) is 0. The minimum absolute atomic E-state index is 0.109. The molecule has 0 spiro atoms. The highest BCUT2D eigenvalue weighted by Crippen LogP contribution is 2.21. The van der Waals surface area contributed by atoms with Crippen molar-refractivity contribution < 1.29 is 0 Å². The van der Waals surface area contributed by atoms with Crippen molar-refractivity contribution in [2.24, 2.45) is 0 Å². The van der Waals surface area contributed by atoms with E-state index in [1.807, 2.05) is 27.7 Å². The fourth-order valence-electron chi connectivity index (χ4n) is 0.920. The molecule has 1 heterocycles. The van der Waals surface area contributed by atoms with E-state index in [0.717, 1.165) is 0 Å². The SMILES string of the molecule is CC(Cl)c1nnnn1C(C)(C)C. The van der Waals surface area contributed by atoms with Crippen LogP contribution in [0.25, 0.3) is 0 Å². The third kappa shape index (κ3) is 1.75. The second-order valence-corrected chi connectivity index (χ2v) is 4.39. The maximum absolute atomic E-state index is 5.89. The molecule has 0 aliphatic rings. The minimum atomic E-state index is -0.153. The van der Waals surface area contributed by atoms with Gasteiger partial charge in [0, 0.05) is 0 Å². The molecule has 5 heteroatoms. The smallest absolute Gasteiger partial charge is 0.169 e. The number of alkyl halides is 1. The Balaban J connectivity index is 3.08. The van der Waals surface area contributed by atoms with Crippen molar-refractivity contribution in [1.82, 2.24) is 20.2 Å². The second-order valence-electron chi connectivity index (χ2n) is 3.74. The van der Waals surface area contributed by atoms with Gasteiger partial charge >= 0.3 is 0 Å². The minimum Gasteiger partial charge on any atom is -0.223 e. The highest BCUT2D eigenvalue weighted by molar-refractivity contribution is 6.20. The Morgan fingerprint density at radius 2 is 2.00 bits per heavy atom. The Kier molecular flexibility index (Phi) is 2.37. The Hall–Kier alpha value is -0.640. The lowest BCUT2D eigenvalue weighted by Crippen LogP contribution is -2.25. The van der Waals surface area contributed by atoms with E-state index in [1.165, 1.54) is 0 Å². The lowest BCUT2D eigenvalue weighted by Gasteiger charge is -2.20. The van der Waals surface area contributed by atoms with Crippen molar-refractivity contribution in [3.05, 3.63) is 5.82 Å². The average Bonchev–Trinajstić information content (AvgIpc) is 2.30. The molecule has 1 aromatic rings. The number of hydrogen-bond donors (Lipinski definition) is 0. The molecule has 0 aliphatic heterocycles. The number of aromatic nitrogens is 4. The van der Waals surface area contributed by atoms with Crippen LogP contribution < -0.4 is 0 Å². The summed E-state index contributed by atoms with van der Waals surface area (Å²) in [5.41, 5.74) is -0.109. The predicted octanol–water partition coefficient (Wildman–Crippen LogP) is 1.73. The van der Waals surface area contributed by atoms with Gasteiger partial charge in [0.25, 0.3) is 0 Å². The van der Waals surface area contributed by atoms with Gasteiger partial charge in [-0.05, 0) is 38.1 Å². The summed E-state index contributed by atoms with van der Waals surface area (Å²) in [4.78, 5) is 0. The van der Waals surface area contributed by atoms with E-state index in [9.17, 15) is 0 Å². The fraction of sp³-hybridized carbons (Fsp3) is 0.857. The predicted molar refractivity (Wildman–Crippen MR) is 47.1 cm³/mol. The van der Waals surface area contributed by atoms with E-state index in [4.69, 9.17) is 11.6 Å². The molecule has 0 fully saturated rings. The van der Waals surface area contributed by atoms with Gasteiger partial charge in [-0.15, -0.1) is 16.7 Å². The van der Waals surface area contributed by atoms with Crippen molar-refractivity contribution in [1.29, 1.82) is 0 Å². The van der Waals surface area contributed by atoms with Gasteiger partial charge in [-0.25, -0.2) is 4.68 Å². The number of nitrogens with zero attached hydrogens (tertiary/aromatic N) is 4. The van der Waals surface area contributed by atoms with Gasteiger partial charge in [0.05, 0.1) is 10.9 Å². The van der Waals surface area contributed by atoms with Crippen LogP contribution in [-0.4, -0.2) is 20.2 Å². The van der Waals surface area contributed by atoms with E-state index in [-0.39, 0.29) is 10.9 Å².